The van der Waals surface area contributed by atoms with Crippen molar-refractivity contribution in [2.45, 2.75) is 37.5 Å². The molecule has 0 spiro atoms. The number of ether oxygens (including phenoxy) is 1. The van der Waals surface area contributed by atoms with Crippen molar-refractivity contribution in [3.63, 3.8) is 0 Å². The van der Waals surface area contributed by atoms with Gasteiger partial charge in [0.15, 0.2) is 0 Å². The van der Waals surface area contributed by atoms with E-state index in [1.54, 1.807) is 6.07 Å². The van der Waals surface area contributed by atoms with E-state index in [9.17, 15) is 13.2 Å². The van der Waals surface area contributed by atoms with Crippen LogP contribution in [0.4, 0.5) is 18.9 Å². The summed E-state index contributed by atoms with van der Waals surface area (Å²) in [4.78, 5) is 2.37. The molecule has 2 fully saturated rings. The summed E-state index contributed by atoms with van der Waals surface area (Å²) >= 11 is 0. The molecule has 1 unspecified atom stereocenters. The Morgan fingerprint density at radius 3 is 2.62 bits per heavy atom. The average Bonchev–Trinajstić information content (AvgIpc) is 3.19. The third-order valence-electron chi connectivity index (χ3n) is 4.17. The van der Waals surface area contributed by atoms with Crippen molar-refractivity contribution in [2.75, 3.05) is 25.5 Å². The van der Waals surface area contributed by atoms with Gasteiger partial charge in [0, 0.05) is 30.9 Å². The van der Waals surface area contributed by atoms with Crippen LogP contribution in [0.15, 0.2) is 18.2 Å². The molecule has 6 heteroatoms. The molecule has 3 rings (SSSR count). The highest BCUT2D eigenvalue weighted by molar-refractivity contribution is 5.56. The molecule has 1 atom stereocenters. The maximum absolute atomic E-state index is 13.1. The molecule has 0 radical (unpaired) electrons. The molecule has 116 valence electrons. The number of methoxy groups -OCH3 is 1. The summed E-state index contributed by atoms with van der Waals surface area (Å²) in [5.41, 5.74) is -0.516. The van der Waals surface area contributed by atoms with Gasteiger partial charge in [-0.15, -0.1) is 0 Å². The quantitative estimate of drug-likeness (QED) is 0.923. The first-order valence-corrected chi connectivity index (χ1v) is 7.23. The summed E-state index contributed by atoms with van der Waals surface area (Å²) in [5, 5.41) is 3.06. The Balaban J connectivity index is 1.75. The molecule has 0 aromatic heterocycles. The number of alkyl halides is 3. The smallest absolute Gasteiger partial charge is 0.418 e. The minimum absolute atomic E-state index is 0.0834. The Kier molecular flexibility index (Phi) is 3.73. The van der Waals surface area contributed by atoms with E-state index in [0.29, 0.717) is 6.04 Å². The maximum Gasteiger partial charge on any atom is 0.418 e. The first-order chi connectivity index (χ1) is 9.97. The van der Waals surface area contributed by atoms with Gasteiger partial charge in [0.1, 0.15) is 5.75 Å². The summed E-state index contributed by atoms with van der Waals surface area (Å²) in [6.07, 6.45) is -1.04. The Labute approximate surface area is 122 Å². The molecule has 1 aromatic rings. The minimum atomic E-state index is -4.38. The predicted molar refractivity (Wildman–Crippen MR) is 74.6 cm³/mol. The van der Waals surface area contributed by atoms with Crippen LogP contribution in [-0.4, -0.2) is 37.2 Å². The van der Waals surface area contributed by atoms with E-state index in [4.69, 9.17) is 4.74 Å². The second kappa shape index (κ2) is 5.40. The van der Waals surface area contributed by atoms with Crippen molar-refractivity contribution in [3.8, 4) is 5.75 Å². The van der Waals surface area contributed by atoms with Crippen molar-refractivity contribution in [1.82, 2.24) is 4.90 Å². The fourth-order valence-electron chi connectivity index (χ4n) is 2.91. The zero-order valence-electron chi connectivity index (χ0n) is 11.9. The van der Waals surface area contributed by atoms with Crippen LogP contribution in [0.1, 0.15) is 24.8 Å². The highest BCUT2D eigenvalue weighted by atomic mass is 19.4. The fraction of sp³-hybridized carbons (Fsp3) is 0.600. The molecular weight excluding hydrogens is 281 g/mol. The minimum Gasteiger partial charge on any atom is -0.497 e. The Bertz CT molecular complexity index is 514. The lowest BCUT2D eigenvalue weighted by molar-refractivity contribution is -0.137. The molecule has 0 bridgehead atoms. The zero-order chi connectivity index (χ0) is 15.0. The number of nitrogens with one attached hydrogen (secondary N) is 1. The summed E-state index contributed by atoms with van der Waals surface area (Å²) in [6.45, 7) is 1.80. The van der Waals surface area contributed by atoms with Gasteiger partial charge in [-0.2, -0.15) is 13.2 Å². The van der Waals surface area contributed by atoms with Crippen LogP contribution in [0.2, 0.25) is 0 Å². The Morgan fingerprint density at radius 2 is 2.00 bits per heavy atom. The molecule has 1 aromatic carbocycles. The number of likely N-dealkylation sites (tertiary alicyclic amines) is 1. The highest BCUT2D eigenvalue weighted by Crippen LogP contribution is 2.38. The molecule has 1 N–H and O–H groups in total. The number of benzene rings is 1. The lowest BCUT2D eigenvalue weighted by atomic mass is 10.1. The van der Waals surface area contributed by atoms with Crippen LogP contribution < -0.4 is 10.1 Å². The van der Waals surface area contributed by atoms with Crippen molar-refractivity contribution in [1.29, 1.82) is 0 Å². The zero-order valence-corrected chi connectivity index (χ0v) is 11.9. The number of nitrogens with zero attached hydrogens (tertiary/aromatic N) is 1. The lowest BCUT2D eigenvalue weighted by Gasteiger charge is -2.20. The molecule has 1 heterocycles. The van der Waals surface area contributed by atoms with Gasteiger partial charge in [-0.05, 0) is 37.5 Å². The molecule has 21 heavy (non-hydrogen) atoms. The fourth-order valence-corrected chi connectivity index (χ4v) is 2.91. The molecule has 1 aliphatic carbocycles. The number of rotatable bonds is 4. The molecule has 2 aliphatic rings. The van der Waals surface area contributed by atoms with E-state index >= 15 is 0 Å². The number of hydrogen-bond donors (Lipinski definition) is 1. The van der Waals surface area contributed by atoms with Gasteiger partial charge in [-0.3, -0.25) is 4.90 Å². The topological polar surface area (TPSA) is 24.5 Å². The summed E-state index contributed by atoms with van der Waals surface area (Å²) in [5.74, 6) is 0.221. The Hall–Kier alpha value is -1.43. The van der Waals surface area contributed by atoms with Crippen LogP contribution in [0.5, 0.6) is 5.75 Å². The predicted octanol–water partition coefficient (Wildman–Crippen LogP) is 3.36. The van der Waals surface area contributed by atoms with Gasteiger partial charge in [-0.25, -0.2) is 0 Å². The normalized spacial score (nSPS) is 23.3. The van der Waals surface area contributed by atoms with Gasteiger partial charge in [-0.1, -0.05) is 0 Å². The van der Waals surface area contributed by atoms with Crippen LogP contribution in [0.3, 0.4) is 0 Å². The van der Waals surface area contributed by atoms with Crippen LogP contribution in [-0.2, 0) is 6.18 Å². The molecular formula is C15H19F3N2O. The maximum atomic E-state index is 13.1. The van der Waals surface area contributed by atoms with Gasteiger partial charge in [0.05, 0.1) is 12.7 Å². The highest BCUT2D eigenvalue weighted by Gasteiger charge is 2.37. The monoisotopic (exact) mass is 300 g/mol. The molecule has 1 saturated heterocycles. The van der Waals surface area contributed by atoms with E-state index in [-0.39, 0.29) is 17.5 Å². The van der Waals surface area contributed by atoms with Crippen LogP contribution in [0.25, 0.3) is 0 Å². The summed E-state index contributed by atoms with van der Waals surface area (Å²) < 4.78 is 44.3. The number of anilines is 1. The van der Waals surface area contributed by atoms with Gasteiger partial charge in [0.2, 0.25) is 0 Å². The number of hydrogen-bond acceptors (Lipinski definition) is 3. The SMILES string of the molecule is COc1ccc(NC2CCN(C3CC3)C2)c(C(F)(F)F)c1. The van der Waals surface area contributed by atoms with Gasteiger partial charge in [0.25, 0.3) is 0 Å². The van der Waals surface area contributed by atoms with Crippen molar-refractivity contribution >= 4 is 5.69 Å². The van der Waals surface area contributed by atoms with Gasteiger partial charge >= 0.3 is 6.18 Å². The van der Waals surface area contributed by atoms with Crippen molar-refractivity contribution in [2.24, 2.45) is 0 Å². The largest absolute Gasteiger partial charge is 0.497 e. The lowest BCUT2D eigenvalue weighted by Crippen LogP contribution is -2.28. The first kappa shape index (κ1) is 14.5. The molecule has 1 aliphatic heterocycles. The summed E-state index contributed by atoms with van der Waals surface area (Å²) in [7, 11) is 1.37. The summed E-state index contributed by atoms with van der Waals surface area (Å²) in [6, 6.07) is 4.82. The van der Waals surface area contributed by atoms with Crippen LogP contribution >= 0.6 is 0 Å². The van der Waals surface area contributed by atoms with Crippen LogP contribution in [0, 0.1) is 0 Å². The third-order valence-corrected chi connectivity index (χ3v) is 4.17. The molecule has 1 saturated carbocycles. The Morgan fingerprint density at radius 1 is 1.24 bits per heavy atom. The van der Waals surface area contributed by atoms with E-state index in [0.717, 1.165) is 25.6 Å². The van der Waals surface area contributed by atoms with Crippen molar-refractivity contribution in [3.05, 3.63) is 23.8 Å². The second-order valence-corrected chi connectivity index (χ2v) is 5.77. The third kappa shape index (κ3) is 3.26. The number of halogens is 3. The standard InChI is InChI=1S/C15H19F3N2O/c1-21-12-4-5-14(13(8-12)15(16,17)18)19-10-6-7-20(9-10)11-2-3-11/h4-5,8,10-11,19H,2-3,6-7,9H2,1H3. The van der Waals surface area contributed by atoms with Crippen molar-refractivity contribution < 1.29 is 17.9 Å². The second-order valence-electron chi connectivity index (χ2n) is 5.77. The first-order valence-electron chi connectivity index (χ1n) is 7.23. The molecule has 0 amide bonds. The van der Waals surface area contributed by atoms with E-state index < -0.39 is 11.7 Å². The molecule has 3 nitrogen and oxygen atoms in total. The van der Waals surface area contributed by atoms with E-state index in [1.807, 2.05) is 0 Å². The van der Waals surface area contributed by atoms with E-state index in [2.05, 4.69) is 10.2 Å². The average molecular weight is 300 g/mol. The van der Waals surface area contributed by atoms with E-state index in [1.165, 1.54) is 26.0 Å². The van der Waals surface area contributed by atoms with Gasteiger partial charge < -0.3 is 10.1 Å².